The van der Waals surface area contributed by atoms with E-state index in [0.717, 1.165) is 5.23 Å². The zero-order valence-corrected chi connectivity index (χ0v) is 5.77. The highest BCUT2D eigenvalue weighted by Crippen LogP contribution is 1.85. The van der Waals surface area contributed by atoms with Crippen molar-refractivity contribution >= 4 is 12.4 Å². The fourth-order valence-electron chi connectivity index (χ4n) is 0.363. The molecule has 0 unspecified atom stereocenters. The summed E-state index contributed by atoms with van der Waals surface area (Å²) in [7, 11) is 2.66. The molecule has 0 atom stereocenters. The molecular formula is C4H9N3O3. The molecule has 0 spiro atoms. The number of nitrogens with two attached hydrogens (primary N) is 1. The van der Waals surface area contributed by atoms with Crippen molar-refractivity contribution in [3.63, 3.8) is 0 Å². The van der Waals surface area contributed by atoms with Gasteiger partial charge in [0.25, 0.3) is 5.96 Å². The first kappa shape index (κ1) is 8.86. The maximum atomic E-state index is 9.75. The molecule has 0 aromatic heterocycles. The number of carbonyl (C=O) groups excluding carboxylic acids is 1. The molecule has 0 saturated carbocycles. The predicted molar refractivity (Wildman–Crippen MR) is 33.5 cm³/mol. The Kier molecular flexibility index (Phi) is 4.17. The molecule has 0 aliphatic carbocycles. The highest BCUT2D eigenvalue weighted by atomic mass is 16.9. The van der Waals surface area contributed by atoms with Crippen LogP contribution in [0, 0.1) is 0 Å². The lowest BCUT2D eigenvalue weighted by Crippen LogP contribution is -2.35. The van der Waals surface area contributed by atoms with Crippen molar-refractivity contribution in [1.82, 2.24) is 5.23 Å². The van der Waals surface area contributed by atoms with Crippen LogP contribution in [0.2, 0.25) is 0 Å². The Balaban J connectivity index is 3.99. The van der Waals surface area contributed by atoms with Crippen molar-refractivity contribution in [2.24, 2.45) is 10.7 Å². The van der Waals surface area contributed by atoms with Crippen LogP contribution >= 0.6 is 0 Å². The molecule has 2 N–H and O–H groups in total. The minimum Gasteiger partial charge on any atom is -0.366 e. The Labute approximate surface area is 58.1 Å². The molecule has 6 nitrogen and oxygen atoms in total. The van der Waals surface area contributed by atoms with Crippen molar-refractivity contribution in [2.45, 2.75) is 0 Å². The van der Waals surface area contributed by atoms with E-state index in [4.69, 9.17) is 5.73 Å². The molecular weight excluding hydrogens is 138 g/mol. The van der Waals surface area contributed by atoms with Gasteiger partial charge in [-0.2, -0.15) is 4.99 Å². The smallest absolute Gasteiger partial charge is 0.251 e. The van der Waals surface area contributed by atoms with Crippen molar-refractivity contribution in [1.29, 1.82) is 0 Å². The van der Waals surface area contributed by atoms with Crippen LogP contribution in [0.25, 0.3) is 0 Å². The highest BCUT2D eigenvalue weighted by molar-refractivity contribution is 5.82. The summed E-state index contributed by atoms with van der Waals surface area (Å²) in [4.78, 5) is 21.9. The average molecular weight is 147 g/mol. The largest absolute Gasteiger partial charge is 0.366 e. The first-order valence-corrected chi connectivity index (χ1v) is 2.41. The van der Waals surface area contributed by atoms with Crippen LogP contribution in [-0.2, 0) is 14.5 Å². The third-order valence-corrected chi connectivity index (χ3v) is 0.704. The molecule has 58 valence electrons. The van der Waals surface area contributed by atoms with E-state index in [1.54, 1.807) is 0 Å². The monoisotopic (exact) mass is 147 g/mol. The number of guanidine groups is 1. The molecule has 6 heteroatoms. The SMILES string of the molecule is CON(OC)C(N)=NC=O. The normalized spacial score (nSPS) is 11.2. The van der Waals surface area contributed by atoms with E-state index < -0.39 is 0 Å². The summed E-state index contributed by atoms with van der Waals surface area (Å²) in [6, 6.07) is 0. The molecule has 0 aromatic rings. The van der Waals surface area contributed by atoms with E-state index in [1.165, 1.54) is 14.2 Å². The lowest BCUT2D eigenvalue weighted by molar-refractivity contribution is -0.288. The van der Waals surface area contributed by atoms with Gasteiger partial charge in [-0.05, 0) is 0 Å². The average Bonchev–Trinajstić information content (AvgIpc) is 1.91. The molecule has 0 aliphatic rings. The van der Waals surface area contributed by atoms with Gasteiger partial charge in [-0.25, -0.2) is 9.68 Å². The Morgan fingerprint density at radius 3 is 2.40 bits per heavy atom. The number of hydrogen-bond acceptors (Lipinski definition) is 3. The predicted octanol–water partition coefficient (Wildman–Crippen LogP) is -1.12. The summed E-state index contributed by atoms with van der Waals surface area (Å²) in [5.41, 5.74) is 5.14. The van der Waals surface area contributed by atoms with Crippen molar-refractivity contribution < 1.29 is 14.5 Å². The Bertz CT molecular complexity index is 132. The highest BCUT2D eigenvalue weighted by Gasteiger charge is 2.02. The number of nitrogens with zero attached hydrogens (tertiary/aromatic N) is 2. The van der Waals surface area contributed by atoms with Crippen molar-refractivity contribution in [2.75, 3.05) is 14.2 Å². The van der Waals surface area contributed by atoms with Crippen LogP contribution in [0.3, 0.4) is 0 Å². The molecule has 0 rings (SSSR count). The van der Waals surface area contributed by atoms with Crippen LogP contribution < -0.4 is 5.73 Å². The van der Waals surface area contributed by atoms with E-state index in [9.17, 15) is 4.79 Å². The van der Waals surface area contributed by atoms with E-state index in [0.29, 0.717) is 6.41 Å². The minimum atomic E-state index is -0.153. The Morgan fingerprint density at radius 2 is 2.10 bits per heavy atom. The van der Waals surface area contributed by atoms with Gasteiger partial charge < -0.3 is 5.73 Å². The summed E-state index contributed by atoms with van der Waals surface area (Å²) in [5, 5.41) is 0.800. The first-order chi connectivity index (χ1) is 4.76. The second-order valence-electron chi connectivity index (χ2n) is 1.21. The molecule has 0 saturated heterocycles. The molecule has 0 bridgehead atoms. The minimum absolute atomic E-state index is 0.153. The second kappa shape index (κ2) is 4.71. The van der Waals surface area contributed by atoms with E-state index in [-0.39, 0.29) is 5.96 Å². The summed E-state index contributed by atoms with van der Waals surface area (Å²) in [6.45, 7) is 0. The standard InChI is InChI=1S/C4H9N3O3/c1-9-7(10-2)4(5)6-3-8/h3H,1-2H3,(H2,5,6,8). The molecule has 0 aromatic carbocycles. The van der Waals surface area contributed by atoms with Crippen molar-refractivity contribution in [3.8, 4) is 0 Å². The summed E-state index contributed by atoms with van der Waals surface area (Å²) in [5.74, 6) is -0.153. The van der Waals surface area contributed by atoms with Crippen LogP contribution in [0.5, 0.6) is 0 Å². The molecule has 0 fully saturated rings. The van der Waals surface area contributed by atoms with Crippen LogP contribution in [0.4, 0.5) is 0 Å². The third-order valence-electron chi connectivity index (χ3n) is 0.704. The summed E-state index contributed by atoms with van der Waals surface area (Å²) < 4.78 is 0. The number of rotatable bonds is 3. The van der Waals surface area contributed by atoms with Gasteiger partial charge in [-0.3, -0.25) is 4.79 Å². The second-order valence-corrected chi connectivity index (χ2v) is 1.21. The number of hydrogen-bond donors (Lipinski definition) is 1. The number of carbonyl (C=O) groups is 1. The van der Waals surface area contributed by atoms with Crippen LogP contribution in [0.1, 0.15) is 0 Å². The maximum absolute atomic E-state index is 9.75. The fraction of sp³-hybridized carbons (Fsp3) is 0.500. The summed E-state index contributed by atoms with van der Waals surface area (Å²) >= 11 is 0. The molecule has 0 aliphatic heterocycles. The van der Waals surface area contributed by atoms with E-state index in [1.807, 2.05) is 0 Å². The molecule has 0 heterocycles. The zero-order chi connectivity index (χ0) is 7.98. The van der Waals surface area contributed by atoms with E-state index >= 15 is 0 Å². The van der Waals surface area contributed by atoms with Crippen LogP contribution in [0.15, 0.2) is 4.99 Å². The molecule has 0 radical (unpaired) electrons. The van der Waals surface area contributed by atoms with E-state index in [2.05, 4.69) is 14.7 Å². The zero-order valence-electron chi connectivity index (χ0n) is 5.77. The first-order valence-electron chi connectivity index (χ1n) is 2.41. The van der Waals surface area contributed by atoms with Gasteiger partial charge in [0.05, 0.1) is 14.2 Å². The van der Waals surface area contributed by atoms with Gasteiger partial charge in [0, 0.05) is 0 Å². The maximum Gasteiger partial charge on any atom is 0.251 e. The van der Waals surface area contributed by atoms with Gasteiger partial charge in [0.1, 0.15) is 0 Å². The van der Waals surface area contributed by atoms with Crippen molar-refractivity contribution in [3.05, 3.63) is 0 Å². The van der Waals surface area contributed by atoms with Crippen LogP contribution in [-0.4, -0.2) is 31.8 Å². The fourth-order valence-corrected chi connectivity index (χ4v) is 0.363. The van der Waals surface area contributed by atoms with Gasteiger partial charge in [-0.15, -0.1) is 0 Å². The summed E-state index contributed by atoms with van der Waals surface area (Å²) in [6.07, 6.45) is 0.292. The Morgan fingerprint density at radius 1 is 1.60 bits per heavy atom. The quantitative estimate of drug-likeness (QED) is 0.237. The number of aliphatic imine (C=N–C) groups is 1. The number of amides is 1. The molecule has 10 heavy (non-hydrogen) atoms. The van der Waals surface area contributed by atoms with Gasteiger partial charge in [0.2, 0.25) is 6.41 Å². The van der Waals surface area contributed by atoms with Gasteiger partial charge in [-0.1, -0.05) is 5.23 Å². The topological polar surface area (TPSA) is 77.2 Å². The molecule has 1 amide bonds. The lowest BCUT2D eigenvalue weighted by atomic mass is 11.0. The van der Waals surface area contributed by atoms with Gasteiger partial charge in [0.15, 0.2) is 0 Å². The Hall–Kier alpha value is -1.14. The third kappa shape index (κ3) is 2.42. The lowest BCUT2D eigenvalue weighted by Gasteiger charge is -2.14. The number of hydroxylamine groups is 2. The van der Waals surface area contributed by atoms with Gasteiger partial charge >= 0.3 is 0 Å².